The van der Waals surface area contributed by atoms with E-state index < -0.39 is 9.84 Å². The van der Waals surface area contributed by atoms with E-state index in [1.807, 2.05) is 63.2 Å². The quantitative estimate of drug-likeness (QED) is 0.763. The molecule has 4 rings (SSSR count). The van der Waals surface area contributed by atoms with Gasteiger partial charge in [0.05, 0.1) is 23.6 Å². The monoisotopic (exact) mass is 370 g/mol. The van der Waals surface area contributed by atoms with Gasteiger partial charge in [0.25, 0.3) is 0 Å². The van der Waals surface area contributed by atoms with E-state index in [9.17, 15) is 13.2 Å². The van der Waals surface area contributed by atoms with E-state index in [2.05, 4.69) is 0 Å². The SMILES string of the molecule is Cc1cc(C)cc(N2C(=O)N(c3ccccc3C)[C@@H]3CS(=O)(=O)C[C@@H]32)c1. The van der Waals surface area contributed by atoms with Crippen molar-refractivity contribution in [3.8, 4) is 0 Å². The molecule has 2 heterocycles. The van der Waals surface area contributed by atoms with Crippen molar-refractivity contribution in [1.82, 2.24) is 0 Å². The third kappa shape index (κ3) is 2.69. The van der Waals surface area contributed by atoms with E-state index in [1.54, 1.807) is 9.80 Å². The third-order valence-corrected chi connectivity index (χ3v) is 6.93. The summed E-state index contributed by atoms with van der Waals surface area (Å²) in [6.07, 6.45) is 0. The first kappa shape index (κ1) is 17.1. The van der Waals surface area contributed by atoms with Crippen LogP contribution in [0.25, 0.3) is 0 Å². The van der Waals surface area contributed by atoms with Crippen LogP contribution in [0.3, 0.4) is 0 Å². The topological polar surface area (TPSA) is 57.7 Å². The zero-order valence-electron chi connectivity index (χ0n) is 15.1. The number of amides is 2. The van der Waals surface area contributed by atoms with Gasteiger partial charge in [-0.2, -0.15) is 0 Å². The largest absolute Gasteiger partial charge is 0.329 e. The molecule has 2 aliphatic rings. The number of carbonyl (C=O) groups is 1. The molecule has 0 aromatic heterocycles. The molecule has 2 aromatic carbocycles. The van der Waals surface area contributed by atoms with Crippen LogP contribution in [-0.2, 0) is 9.84 Å². The summed E-state index contributed by atoms with van der Waals surface area (Å²) in [5, 5.41) is 0. The molecule has 2 aliphatic heterocycles. The van der Waals surface area contributed by atoms with Gasteiger partial charge < -0.3 is 0 Å². The number of anilines is 2. The number of nitrogens with zero attached hydrogens (tertiary/aromatic N) is 2. The van der Waals surface area contributed by atoms with Crippen LogP contribution in [0, 0.1) is 20.8 Å². The zero-order chi connectivity index (χ0) is 18.6. The van der Waals surface area contributed by atoms with E-state index in [4.69, 9.17) is 0 Å². The van der Waals surface area contributed by atoms with Crippen LogP contribution < -0.4 is 9.80 Å². The van der Waals surface area contributed by atoms with Crippen LogP contribution in [0.5, 0.6) is 0 Å². The lowest BCUT2D eigenvalue weighted by Crippen LogP contribution is -2.38. The van der Waals surface area contributed by atoms with Crippen molar-refractivity contribution in [2.24, 2.45) is 0 Å². The second-order valence-corrected chi connectivity index (χ2v) is 9.52. The highest BCUT2D eigenvalue weighted by Gasteiger charge is 2.54. The van der Waals surface area contributed by atoms with Crippen LogP contribution in [0.4, 0.5) is 16.2 Å². The highest BCUT2D eigenvalue weighted by Crippen LogP contribution is 2.39. The average molecular weight is 370 g/mol. The Morgan fingerprint density at radius 1 is 0.885 bits per heavy atom. The number of carbonyl (C=O) groups excluding carboxylic acids is 1. The van der Waals surface area contributed by atoms with Gasteiger partial charge in [0.1, 0.15) is 0 Å². The highest BCUT2D eigenvalue weighted by molar-refractivity contribution is 7.91. The number of sulfone groups is 1. The molecule has 2 fully saturated rings. The predicted octanol–water partition coefficient (Wildman–Crippen LogP) is 3.22. The Kier molecular flexibility index (Phi) is 3.84. The Labute approximate surface area is 154 Å². The van der Waals surface area contributed by atoms with Crippen LogP contribution in [0.1, 0.15) is 16.7 Å². The van der Waals surface area contributed by atoms with Crippen molar-refractivity contribution in [3.05, 3.63) is 59.2 Å². The van der Waals surface area contributed by atoms with Crippen molar-refractivity contribution >= 4 is 27.2 Å². The van der Waals surface area contributed by atoms with Crippen molar-refractivity contribution < 1.29 is 13.2 Å². The summed E-state index contributed by atoms with van der Waals surface area (Å²) in [6, 6.07) is 12.7. The number of aryl methyl sites for hydroxylation is 3. The van der Waals surface area contributed by atoms with Gasteiger partial charge in [-0.05, 0) is 55.7 Å². The van der Waals surface area contributed by atoms with Crippen LogP contribution in [0.2, 0.25) is 0 Å². The summed E-state index contributed by atoms with van der Waals surface area (Å²) in [6.45, 7) is 5.92. The summed E-state index contributed by atoms with van der Waals surface area (Å²) in [4.78, 5) is 16.7. The first-order chi connectivity index (χ1) is 12.3. The molecule has 0 spiro atoms. The van der Waals surface area contributed by atoms with Gasteiger partial charge in [0.15, 0.2) is 9.84 Å². The number of para-hydroxylation sites is 1. The van der Waals surface area contributed by atoms with Gasteiger partial charge in [0.2, 0.25) is 0 Å². The Bertz CT molecular complexity index is 980. The van der Waals surface area contributed by atoms with Gasteiger partial charge in [-0.1, -0.05) is 24.3 Å². The number of hydrogen-bond donors (Lipinski definition) is 0. The Balaban J connectivity index is 1.86. The molecule has 6 heteroatoms. The van der Waals surface area contributed by atoms with Gasteiger partial charge >= 0.3 is 6.03 Å². The zero-order valence-corrected chi connectivity index (χ0v) is 16.0. The summed E-state index contributed by atoms with van der Waals surface area (Å²) >= 11 is 0. The van der Waals surface area contributed by atoms with E-state index in [0.717, 1.165) is 28.1 Å². The van der Waals surface area contributed by atoms with E-state index in [1.165, 1.54) is 0 Å². The van der Waals surface area contributed by atoms with E-state index in [0.29, 0.717) is 0 Å². The molecule has 0 bridgehead atoms. The molecule has 2 aromatic rings. The van der Waals surface area contributed by atoms with Crippen molar-refractivity contribution in [3.63, 3.8) is 0 Å². The maximum atomic E-state index is 13.4. The molecule has 136 valence electrons. The van der Waals surface area contributed by atoms with Gasteiger partial charge in [-0.15, -0.1) is 0 Å². The third-order valence-electron chi connectivity index (χ3n) is 5.23. The molecule has 2 atom stereocenters. The molecule has 2 saturated heterocycles. The summed E-state index contributed by atoms with van der Waals surface area (Å²) in [7, 11) is -3.18. The Hall–Kier alpha value is -2.34. The van der Waals surface area contributed by atoms with Crippen LogP contribution >= 0.6 is 0 Å². The van der Waals surface area contributed by atoms with Crippen LogP contribution in [-0.4, -0.2) is 38.0 Å². The molecule has 0 radical (unpaired) electrons. The smallest absolute Gasteiger partial charge is 0.288 e. The lowest BCUT2D eigenvalue weighted by atomic mass is 10.1. The fraction of sp³-hybridized carbons (Fsp3) is 0.350. The first-order valence-electron chi connectivity index (χ1n) is 8.73. The maximum absolute atomic E-state index is 13.4. The average Bonchev–Trinajstić information content (AvgIpc) is 2.96. The molecule has 0 N–H and O–H groups in total. The van der Waals surface area contributed by atoms with Gasteiger partial charge in [-0.25, -0.2) is 13.2 Å². The van der Waals surface area contributed by atoms with E-state index in [-0.39, 0.29) is 29.6 Å². The minimum absolute atomic E-state index is 0.0127. The molecule has 26 heavy (non-hydrogen) atoms. The molecule has 0 aliphatic carbocycles. The fourth-order valence-electron chi connectivity index (χ4n) is 4.21. The molecule has 0 unspecified atom stereocenters. The second-order valence-electron chi connectivity index (χ2n) is 7.37. The normalized spacial score (nSPS) is 24.2. The fourth-order valence-corrected chi connectivity index (χ4v) is 6.13. The number of rotatable bonds is 2. The van der Waals surface area contributed by atoms with Crippen molar-refractivity contribution in [2.45, 2.75) is 32.9 Å². The molecular formula is C20H22N2O3S. The summed E-state index contributed by atoms with van der Waals surface area (Å²) in [5.41, 5.74) is 4.64. The minimum atomic E-state index is -3.18. The minimum Gasteiger partial charge on any atom is -0.288 e. The molecule has 0 saturated carbocycles. The van der Waals surface area contributed by atoms with Gasteiger partial charge in [-0.3, -0.25) is 9.80 Å². The molecular weight excluding hydrogens is 348 g/mol. The van der Waals surface area contributed by atoms with Gasteiger partial charge in [0, 0.05) is 11.4 Å². The number of fused-ring (bicyclic) bond motifs is 1. The lowest BCUT2D eigenvalue weighted by Gasteiger charge is -2.24. The standard InChI is InChI=1S/C20H22N2O3S/c1-13-8-14(2)10-16(9-13)21-18-11-26(24,25)12-19(18)22(20(21)23)17-7-5-4-6-15(17)3/h4-10,18-19H,11-12H2,1-3H3/t18-,19+/m0/s1. The summed E-state index contributed by atoms with van der Waals surface area (Å²) < 4.78 is 24.7. The van der Waals surface area contributed by atoms with Crippen LogP contribution in [0.15, 0.2) is 42.5 Å². The van der Waals surface area contributed by atoms with Crippen molar-refractivity contribution in [1.29, 1.82) is 0 Å². The molecule has 2 amide bonds. The van der Waals surface area contributed by atoms with E-state index >= 15 is 0 Å². The highest BCUT2D eigenvalue weighted by atomic mass is 32.2. The summed E-state index contributed by atoms with van der Waals surface area (Å²) in [5.74, 6) is 0.0256. The lowest BCUT2D eigenvalue weighted by molar-refractivity contribution is 0.255. The predicted molar refractivity (Wildman–Crippen MR) is 104 cm³/mol. The maximum Gasteiger partial charge on any atom is 0.329 e. The number of benzene rings is 2. The first-order valence-corrected chi connectivity index (χ1v) is 10.6. The number of urea groups is 1. The Morgan fingerprint density at radius 2 is 1.46 bits per heavy atom. The molecule has 5 nitrogen and oxygen atoms in total. The Morgan fingerprint density at radius 3 is 2.08 bits per heavy atom. The second kappa shape index (κ2) is 5.84. The number of hydrogen-bond acceptors (Lipinski definition) is 3. The van der Waals surface area contributed by atoms with Crippen molar-refractivity contribution in [2.75, 3.05) is 21.3 Å².